The third-order valence-corrected chi connectivity index (χ3v) is 2.82. The number of hydrazine groups is 1. The molecule has 3 nitrogen and oxygen atoms in total. The number of nitrogens with zero attached hydrogens (tertiary/aromatic N) is 1. The van der Waals surface area contributed by atoms with Gasteiger partial charge in [-0.2, -0.15) is 0 Å². The van der Waals surface area contributed by atoms with Crippen LogP contribution in [0.4, 0.5) is 5.69 Å². The van der Waals surface area contributed by atoms with Crippen LogP contribution in [-0.4, -0.2) is 0 Å². The molecule has 1 heterocycles. The summed E-state index contributed by atoms with van der Waals surface area (Å²) in [6.45, 7) is 0. The maximum absolute atomic E-state index is 5.23. The minimum atomic E-state index is 0.960. The number of nitrogens with one attached hydrogen (secondary N) is 1. The number of rotatable bonds is 3. The molecule has 0 saturated heterocycles. The van der Waals surface area contributed by atoms with Crippen LogP contribution in [0, 0.1) is 0 Å². The van der Waals surface area contributed by atoms with E-state index >= 15 is 0 Å². The summed E-state index contributed by atoms with van der Waals surface area (Å²) < 4.78 is 0. The van der Waals surface area contributed by atoms with Gasteiger partial charge < -0.3 is 4.84 Å². The Morgan fingerprint density at radius 1 is 0.842 bits per heavy atom. The SMILES string of the molecule is C1=CON(c2ccc(C=Cc3ccccc3)cc2)N1. The van der Waals surface area contributed by atoms with E-state index < -0.39 is 0 Å². The highest BCUT2D eigenvalue weighted by Crippen LogP contribution is 2.17. The van der Waals surface area contributed by atoms with E-state index in [1.807, 2.05) is 30.3 Å². The fourth-order valence-electron chi connectivity index (χ4n) is 1.83. The molecule has 3 rings (SSSR count). The Hall–Kier alpha value is -2.68. The van der Waals surface area contributed by atoms with Crippen LogP contribution in [0.2, 0.25) is 0 Å². The highest BCUT2D eigenvalue weighted by molar-refractivity contribution is 5.70. The lowest BCUT2D eigenvalue weighted by molar-refractivity contribution is 0.221. The van der Waals surface area contributed by atoms with Crippen molar-refractivity contribution in [3.63, 3.8) is 0 Å². The van der Waals surface area contributed by atoms with Crippen molar-refractivity contribution in [1.29, 1.82) is 0 Å². The summed E-state index contributed by atoms with van der Waals surface area (Å²) in [5.74, 6) is 0. The minimum Gasteiger partial charge on any atom is -0.366 e. The topological polar surface area (TPSA) is 24.5 Å². The van der Waals surface area contributed by atoms with Gasteiger partial charge in [-0.05, 0) is 23.3 Å². The van der Waals surface area contributed by atoms with Crippen LogP contribution in [0.15, 0.2) is 67.1 Å². The molecule has 0 aliphatic carbocycles. The normalized spacial score (nSPS) is 13.6. The van der Waals surface area contributed by atoms with E-state index in [0.717, 1.165) is 11.3 Å². The summed E-state index contributed by atoms with van der Waals surface area (Å²) in [5, 5.41) is 1.60. The molecule has 2 aromatic carbocycles. The van der Waals surface area contributed by atoms with E-state index in [4.69, 9.17) is 4.84 Å². The average Bonchev–Trinajstić information content (AvgIpc) is 3.01. The predicted octanol–water partition coefficient (Wildman–Crippen LogP) is 3.58. The first kappa shape index (κ1) is 11.4. The van der Waals surface area contributed by atoms with Crippen LogP contribution < -0.4 is 10.6 Å². The fourth-order valence-corrected chi connectivity index (χ4v) is 1.83. The van der Waals surface area contributed by atoms with Crippen LogP contribution >= 0.6 is 0 Å². The van der Waals surface area contributed by atoms with Crippen LogP contribution in [-0.2, 0) is 4.84 Å². The van der Waals surface area contributed by atoms with Gasteiger partial charge in [0.25, 0.3) is 0 Å². The number of anilines is 1. The largest absolute Gasteiger partial charge is 0.366 e. The number of hydrogen-bond donors (Lipinski definition) is 1. The van der Waals surface area contributed by atoms with Crippen molar-refractivity contribution in [2.45, 2.75) is 0 Å². The smallest absolute Gasteiger partial charge is 0.139 e. The Labute approximate surface area is 112 Å². The van der Waals surface area contributed by atoms with Gasteiger partial charge in [0.2, 0.25) is 0 Å². The highest BCUT2D eigenvalue weighted by atomic mass is 16.7. The Morgan fingerprint density at radius 2 is 1.53 bits per heavy atom. The molecule has 0 spiro atoms. The predicted molar refractivity (Wildman–Crippen MR) is 77.7 cm³/mol. The van der Waals surface area contributed by atoms with Gasteiger partial charge in [0.15, 0.2) is 0 Å². The monoisotopic (exact) mass is 250 g/mol. The van der Waals surface area contributed by atoms with Crippen LogP contribution in [0.1, 0.15) is 11.1 Å². The van der Waals surface area contributed by atoms with E-state index in [1.54, 1.807) is 17.6 Å². The first-order valence-electron chi connectivity index (χ1n) is 6.13. The standard InChI is InChI=1S/C16H14N2O/c1-2-4-14(5-3-1)6-7-15-8-10-16(11-9-15)18-17-12-13-19-18/h1-13,17H. The second-order valence-electron chi connectivity index (χ2n) is 4.17. The molecular weight excluding hydrogens is 236 g/mol. The van der Waals surface area contributed by atoms with E-state index in [1.165, 1.54) is 5.56 Å². The first-order valence-corrected chi connectivity index (χ1v) is 6.13. The summed E-state index contributed by atoms with van der Waals surface area (Å²) in [7, 11) is 0. The molecule has 1 aliphatic rings. The van der Waals surface area contributed by atoms with Gasteiger partial charge >= 0.3 is 0 Å². The molecule has 0 aromatic heterocycles. The molecule has 0 atom stereocenters. The zero-order valence-electron chi connectivity index (χ0n) is 10.4. The molecule has 2 aromatic rings. The number of hydrogen-bond acceptors (Lipinski definition) is 3. The van der Waals surface area contributed by atoms with Crippen molar-refractivity contribution in [1.82, 2.24) is 5.43 Å². The van der Waals surface area contributed by atoms with Gasteiger partial charge in [0.05, 0.1) is 11.9 Å². The molecule has 1 N–H and O–H groups in total. The van der Waals surface area contributed by atoms with E-state index in [2.05, 4.69) is 41.8 Å². The van der Waals surface area contributed by atoms with E-state index in [9.17, 15) is 0 Å². The first-order chi connectivity index (χ1) is 9.42. The van der Waals surface area contributed by atoms with Crippen LogP contribution in [0.3, 0.4) is 0 Å². The molecule has 19 heavy (non-hydrogen) atoms. The van der Waals surface area contributed by atoms with Gasteiger partial charge in [-0.1, -0.05) is 54.6 Å². The molecule has 0 amide bonds. The van der Waals surface area contributed by atoms with Crippen molar-refractivity contribution >= 4 is 17.8 Å². The van der Waals surface area contributed by atoms with Crippen molar-refractivity contribution in [2.75, 3.05) is 5.17 Å². The van der Waals surface area contributed by atoms with E-state index in [0.29, 0.717) is 0 Å². The van der Waals surface area contributed by atoms with E-state index in [-0.39, 0.29) is 0 Å². The van der Waals surface area contributed by atoms with Crippen molar-refractivity contribution in [3.8, 4) is 0 Å². The Kier molecular flexibility index (Phi) is 3.19. The van der Waals surface area contributed by atoms with Crippen LogP contribution in [0.5, 0.6) is 0 Å². The Balaban J connectivity index is 1.71. The van der Waals surface area contributed by atoms with Gasteiger partial charge in [0.1, 0.15) is 6.26 Å². The Morgan fingerprint density at radius 3 is 2.16 bits per heavy atom. The zero-order chi connectivity index (χ0) is 12.9. The second-order valence-corrected chi connectivity index (χ2v) is 4.17. The molecule has 94 valence electrons. The Bertz CT molecular complexity index is 580. The van der Waals surface area contributed by atoms with Gasteiger partial charge in [-0.15, -0.1) is 5.17 Å². The third kappa shape index (κ3) is 2.77. The molecule has 0 saturated carbocycles. The molecule has 3 heteroatoms. The second kappa shape index (κ2) is 5.31. The average molecular weight is 250 g/mol. The van der Waals surface area contributed by atoms with Gasteiger partial charge in [-0.25, -0.2) is 0 Å². The summed E-state index contributed by atoms with van der Waals surface area (Å²) in [5.41, 5.74) is 6.27. The third-order valence-electron chi connectivity index (χ3n) is 2.82. The zero-order valence-corrected chi connectivity index (χ0v) is 10.4. The highest BCUT2D eigenvalue weighted by Gasteiger charge is 2.07. The van der Waals surface area contributed by atoms with Gasteiger partial charge in [0, 0.05) is 0 Å². The quantitative estimate of drug-likeness (QED) is 0.843. The lowest BCUT2D eigenvalue weighted by atomic mass is 10.1. The molecule has 0 bridgehead atoms. The van der Waals surface area contributed by atoms with Crippen LogP contribution in [0.25, 0.3) is 12.2 Å². The molecular formula is C16H14N2O. The lowest BCUT2D eigenvalue weighted by Crippen LogP contribution is -2.27. The van der Waals surface area contributed by atoms with Crippen molar-refractivity contribution in [3.05, 3.63) is 78.2 Å². The maximum atomic E-state index is 5.23. The summed E-state index contributed by atoms with van der Waals surface area (Å²) in [6.07, 6.45) is 7.53. The molecule has 0 radical (unpaired) electrons. The van der Waals surface area contributed by atoms with Crippen molar-refractivity contribution < 1.29 is 4.84 Å². The lowest BCUT2D eigenvalue weighted by Gasteiger charge is -2.16. The summed E-state index contributed by atoms with van der Waals surface area (Å²) >= 11 is 0. The minimum absolute atomic E-state index is 0.960. The fraction of sp³-hybridized carbons (Fsp3) is 0. The van der Waals surface area contributed by atoms with Crippen molar-refractivity contribution in [2.24, 2.45) is 0 Å². The van der Waals surface area contributed by atoms with Gasteiger partial charge in [-0.3, -0.25) is 5.43 Å². The molecule has 1 aliphatic heterocycles. The molecule has 0 fully saturated rings. The maximum Gasteiger partial charge on any atom is 0.139 e. The molecule has 0 unspecified atom stereocenters. The summed E-state index contributed by atoms with van der Waals surface area (Å²) in [4.78, 5) is 5.23. The summed E-state index contributed by atoms with van der Waals surface area (Å²) in [6, 6.07) is 18.4. The number of benzene rings is 2.